The van der Waals surface area contributed by atoms with Gasteiger partial charge in [-0.25, -0.2) is 0 Å². The lowest BCUT2D eigenvalue weighted by atomic mass is 10.2. The van der Waals surface area contributed by atoms with Crippen LogP contribution in [-0.2, 0) is 6.54 Å². The molecular weight excluding hydrogens is 317 g/mol. The summed E-state index contributed by atoms with van der Waals surface area (Å²) in [4.78, 5) is 0. The smallest absolute Gasteiger partial charge is 0.164 e. The van der Waals surface area contributed by atoms with Gasteiger partial charge < -0.3 is 14.8 Å². The second kappa shape index (κ2) is 4.78. The lowest BCUT2D eigenvalue weighted by Gasteiger charge is -2.06. The molecule has 0 atom stereocenters. The quantitative estimate of drug-likeness (QED) is 0.847. The third-order valence-corrected chi connectivity index (χ3v) is 2.88. The number of phenols is 1. The van der Waals surface area contributed by atoms with E-state index in [-0.39, 0.29) is 0 Å². The maximum absolute atomic E-state index is 9.54. The first kappa shape index (κ1) is 11.3. The van der Waals surface area contributed by atoms with Crippen molar-refractivity contribution in [2.24, 2.45) is 0 Å². The van der Waals surface area contributed by atoms with Crippen LogP contribution in [0.25, 0.3) is 0 Å². The molecule has 0 spiro atoms. The first-order valence-corrected chi connectivity index (χ1v) is 6.01. The molecule has 4 heteroatoms. The number of furan rings is 1. The number of aryl methyl sites for hydroxylation is 1. The number of benzene rings is 1. The van der Waals surface area contributed by atoms with Crippen LogP contribution in [0, 0.1) is 10.7 Å². The third kappa shape index (κ3) is 2.69. The van der Waals surface area contributed by atoms with E-state index in [4.69, 9.17) is 4.42 Å². The summed E-state index contributed by atoms with van der Waals surface area (Å²) in [6.07, 6.45) is 0. The van der Waals surface area contributed by atoms with Gasteiger partial charge in [0.2, 0.25) is 0 Å². The van der Waals surface area contributed by atoms with Gasteiger partial charge in [0, 0.05) is 11.8 Å². The van der Waals surface area contributed by atoms with Crippen molar-refractivity contribution in [3.05, 3.63) is 45.4 Å². The number of phenolic OH excluding ortho intramolecular Hbond substituents is 1. The summed E-state index contributed by atoms with van der Waals surface area (Å²) in [7, 11) is 0. The summed E-state index contributed by atoms with van der Waals surface area (Å²) >= 11 is 2.13. The Morgan fingerprint density at radius 1 is 1.31 bits per heavy atom. The van der Waals surface area contributed by atoms with E-state index in [0.29, 0.717) is 12.3 Å². The fraction of sp³-hybridized carbons (Fsp3) is 0.167. The molecule has 0 aliphatic heterocycles. The SMILES string of the molecule is Cc1ccc(NCc2ccc(I)o2)cc1O. The molecule has 0 saturated heterocycles. The Balaban J connectivity index is 2.02. The van der Waals surface area contributed by atoms with Gasteiger partial charge in [0.25, 0.3) is 0 Å². The molecule has 2 rings (SSSR count). The maximum atomic E-state index is 9.54. The highest BCUT2D eigenvalue weighted by Gasteiger charge is 2.01. The van der Waals surface area contributed by atoms with Crippen molar-refractivity contribution < 1.29 is 9.52 Å². The molecule has 2 aromatic rings. The van der Waals surface area contributed by atoms with Crippen LogP contribution < -0.4 is 5.32 Å². The molecule has 3 nitrogen and oxygen atoms in total. The summed E-state index contributed by atoms with van der Waals surface area (Å²) in [5.74, 6) is 1.18. The predicted octanol–water partition coefficient (Wildman–Crippen LogP) is 3.51. The van der Waals surface area contributed by atoms with Gasteiger partial charge in [-0.2, -0.15) is 0 Å². The van der Waals surface area contributed by atoms with Gasteiger partial charge >= 0.3 is 0 Å². The molecule has 0 unspecified atom stereocenters. The molecule has 1 aromatic carbocycles. The van der Waals surface area contributed by atoms with E-state index in [1.54, 1.807) is 6.07 Å². The number of halogens is 1. The van der Waals surface area contributed by atoms with Crippen LogP contribution in [0.5, 0.6) is 5.75 Å². The van der Waals surface area contributed by atoms with E-state index in [2.05, 4.69) is 27.9 Å². The zero-order valence-corrected chi connectivity index (χ0v) is 11.0. The Kier molecular flexibility index (Phi) is 3.38. The average Bonchev–Trinajstić information content (AvgIpc) is 2.66. The number of hydrogen-bond acceptors (Lipinski definition) is 3. The van der Waals surface area contributed by atoms with Gasteiger partial charge in [-0.3, -0.25) is 0 Å². The molecule has 0 aliphatic rings. The maximum Gasteiger partial charge on any atom is 0.164 e. The minimum absolute atomic E-state index is 0.305. The van der Waals surface area contributed by atoms with Crippen LogP contribution in [0.1, 0.15) is 11.3 Å². The Morgan fingerprint density at radius 2 is 2.12 bits per heavy atom. The predicted molar refractivity (Wildman–Crippen MR) is 71.6 cm³/mol. The highest BCUT2D eigenvalue weighted by Crippen LogP contribution is 2.21. The molecule has 0 radical (unpaired) electrons. The first-order chi connectivity index (χ1) is 7.65. The Morgan fingerprint density at radius 3 is 2.75 bits per heavy atom. The molecule has 0 fully saturated rings. The molecule has 0 saturated carbocycles. The van der Waals surface area contributed by atoms with Crippen LogP contribution >= 0.6 is 22.6 Å². The van der Waals surface area contributed by atoms with E-state index < -0.39 is 0 Å². The molecule has 0 bridgehead atoms. The van der Waals surface area contributed by atoms with E-state index >= 15 is 0 Å². The van der Waals surface area contributed by atoms with Crippen LogP contribution in [0.2, 0.25) is 0 Å². The second-order valence-corrected chi connectivity index (χ2v) is 4.62. The van der Waals surface area contributed by atoms with Crippen LogP contribution in [0.3, 0.4) is 0 Å². The van der Waals surface area contributed by atoms with Crippen molar-refractivity contribution in [2.45, 2.75) is 13.5 Å². The molecule has 1 aromatic heterocycles. The van der Waals surface area contributed by atoms with Gasteiger partial charge in [0.1, 0.15) is 11.5 Å². The molecule has 16 heavy (non-hydrogen) atoms. The van der Waals surface area contributed by atoms with E-state index in [9.17, 15) is 5.11 Å². The standard InChI is InChI=1S/C12H12INO2/c1-8-2-3-9(6-11(8)15)14-7-10-4-5-12(13)16-10/h2-6,14-15H,7H2,1H3. The van der Waals surface area contributed by atoms with Gasteiger partial charge in [0.05, 0.1) is 6.54 Å². The topological polar surface area (TPSA) is 45.4 Å². The number of rotatable bonds is 3. The Hall–Kier alpha value is -1.17. The largest absolute Gasteiger partial charge is 0.508 e. The van der Waals surface area contributed by atoms with Crippen molar-refractivity contribution >= 4 is 28.3 Å². The minimum Gasteiger partial charge on any atom is -0.508 e. The summed E-state index contributed by atoms with van der Waals surface area (Å²) in [5, 5.41) is 12.7. The Labute approximate surface area is 108 Å². The Bertz CT molecular complexity index is 494. The highest BCUT2D eigenvalue weighted by molar-refractivity contribution is 14.1. The van der Waals surface area contributed by atoms with Gasteiger partial charge in [0.15, 0.2) is 3.77 Å². The monoisotopic (exact) mass is 329 g/mol. The zero-order valence-electron chi connectivity index (χ0n) is 8.83. The van der Waals surface area contributed by atoms with Crippen molar-refractivity contribution in [1.29, 1.82) is 0 Å². The molecule has 84 valence electrons. The van der Waals surface area contributed by atoms with Gasteiger partial charge in [-0.1, -0.05) is 6.07 Å². The molecule has 0 amide bonds. The van der Waals surface area contributed by atoms with Crippen LogP contribution in [0.15, 0.2) is 34.7 Å². The summed E-state index contributed by atoms with van der Waals surface area (Å²) in [6, 6.07) is 9.38. The van der Waals surface area contributed by atoms with Crippen LogP contribution in [0.4, 0.5) is 5.69 Å². The summed E-state index contributed by atoms with van der Waals surface area (Å²) in [6.45, 7) is 2.49. The van der Waals surface area contributed by atoms with Gasteiger partial charge in [-0.15, -0.1) is 0 Å². The van der Waals surface area contributed by atoms with E-state index in [0.717, 1.165) is 20.8 Å². The van der Waals surface area contributed by atoms with Crippen molar-refractivity contribution in [1.82, 2.24) is 0 Å². The first-order valence-electron chi connectivity index (χ1n) is 4.93. The fourth-order valence-electron chi connectivity index (χ4n) is 1.36. The number of nitrogens with one attached hydrogen (secondary N) is 1. The summed E-state index contributed by atoms with van der Waals surface area (Å²) < 4.78 is 6.30. The van der Waals surface area contributed by atoms with Crippen molar-refractivity contribution in [2.75, 3.05) is 5.32 Å². The number of anilines is 1. The van der Waals surface area contributed by atoms with Crippen LogP contribution in [-0.4, -0.2) is 5.11 Å². The second-order valence-electron chi connectivity index (χ2n) is 3.56. The summed E-state index contributed by atoms with van der Waals surface area (Å²) in [5.41, 5.74) is 1.76. The average molecular weight is 329 g/mol. The molecule has 1 heterocycles. The van der Waals surface area contributed by atoms with Gasteiger partial charge in [-0.05, 0) is 53.3 Å². The fourth-order valence-corrected chi connectivity index (χ4v) is 1.82. The minimum atomic E-state index is 0.305. The molecule has 0 aliphatic carbocycles. The zero-order chi connectivity index (χ0) is 11.5. The normalized spacial score (nSPS) is 10.4. The van der Waals surface area contributed by atoms with E-state index in [1.807, 2.05) is 31.2 Å². The lowest BCUT2D eigenvalue weighted by molar-refractivity contribution is 0.471. The van der Waals surface area contributed by atoms with Crippen molar-refractivity contribution in [3.8, 4) is 5.75 Å². The van der Waals surface area contributed by atoms with E-state index in [1.165, 1.54) is 0 Å². The van der Waals surface area contributed by atoms with Crippen molar-refractivity contribution in [3.63, 3.8) is 0 Å². The number of aromatic hydroxyl groups is 1. The number of hydrogen-bond donors (Lipinski definition) is 2. The third-order valence-electron chi connectivity index (χ3n) is 2.30. The molecule has 2 N–H and O–H groups in total. The lowest BCUT2D eigenvalue weighted by Crippen LogP contribution is -1.97. The highest BCUT2D eigenvalue weighted by atomic mass is 127. The molecular formula is C12H12INO2.